The fourth-order valence-electron chi connectivity index (χ4n) is 2.95. The molecule has 1 N–H and O–H groups in total. The summed E-state index contributed by atoms with van der Waals surface area (Å²) in [5, 5.41) is 2.94. The maximum atomic E-state index is 12.4. The van der Waals surface area contributed by atoms with Gasteiger partial charge in [0.05, 0.1) is 24.8 Å². The summed E-state index contributed by atoms with van der Waals surface area (Å²) >= 11 is 0. The van der Waals surface area contributed by atoms with Crippen molar-refractivity contribution in [2.75, 3.05) is 6.54 Å². The Kier molecular flexibility index (Phi) is 4.65. The van der Waals surface area contributed by atoms with E-state index in [1.165, 1.54) is 5.56 Å². The minimum atomic E-state index is -0.158. The second kappa shape index (κ2) is 7.41. The fraction of sp³-hybridized carbons (Fsp3) is 0.200. The summed E-state index contributed by atoms with van der Waals surface area (Å²) in [6.07, 6.45) is 8.70. The fourth-order valence-corrected chi connectivity index (χ4v) is 2.95. The zero-order valence-corrected chi connectivity index (χ0v) is 15.0. The van der Waals surface area contributed by atoms with Crippen molar-refractivity contribution in [3.05, 3.63) is 78.8 Å². The molecule has 0 aliphatic carbocycles. The van der Waals surface area contributed by atoms with Gasteiger partial charge in [-0.3, -0.25) is 4.79 Å². The third-order valence-electron chi connectivity index (χ3n) is 4.51. The molecule has 0 spiro atoms. The number of carbonyl (C=O) groups excluding carboxylic acids is 1. The first-order valence-electron chi connectivity index (χ1n) is 8.81. The summed E-state index contributed by atoms with van der Waals surface area (Å²) in [5.74, 6) is -0.158. The standard InChI is InChI=1S/C20H20N6O/c1-15(25-8-7-21-13-25)10-23-20(27)17-9-18-19(22-11-17)26(14-24-18)12-16-5-3-2-4-6-16/h2-9,11,13-15H,10,12H2,1H3,(H,23,27). The number of imidazole rings is 2. The Morgan fingerprint density at radius 2 is 2.04 bits per heavy atom. The van der Waals surface area contributed by atoms with Gasteiger partial charge in [0, 0.05) is 31.2 Å². The van der Waals surface area contributed by atoms with E-state index in [0.29, 0.717) is 24.2 Å². The number of hydrogen-bond donors (Lipinski definition) is 1. The molecule has 4 aromatic rings. The third-order valence-corrected chi connectivity index (χ3v) is 4.51. The number of benzene rings is 1. The lowest BCUT2D eigenvalue weighted by molar-refractivity contribution is 0.0948. The molecule has 4 rings (SSSR count). The van der Waals surface area contributed by atoms with Gasteiger partial charge in [-0.25, -0.2) is 15.0 Å². The zero-order valence-electron chi connectivity index (χ0n) is 15.0. The van der Waals surface area contributed by atoms with Crippen LogP contribution in [0.3, 0.4) is 0 Å². The van der Waals surface area contributed by atoms with Crippen molar-refractivity contribution >= 4 is 17.1 Å². The molecule has 0 saturated heterocycles. The maximum Gasteiger partial charge on any atom is 0.253 e. The van der Waals surface area contributed by atoms with Crippen LogP contribution < -0.4 is 5.32 Å². The van der Waals surface area contributed by atoms with Gasteiger partial charge in [-0.15, -0.1) is 0 Å². The number of carbonyl (C=O) groups is 1. The Balaban J connectivity index is 1.46. The Morgan fingerprint density at radius 3 is 2.81 bits per heavy atom. The van der Waals surface area contributed by atoms with E-state index in [9.17, 15) is 4.79 Å². The molecule has 1 atom stereocenters. The van der Waals surface area contributed by atoms with E-state index in [2.05, 4.69) is 32.4 Å². The highest BCUT2D eigenvalue weighted by Gasteiger charge is 2.12. The van der Waals surface area contributed by atoms with Crippen molar-refractivity contribution in [2.45, 2.75) is 19.5 Å². The second-order valence-corrected chi connectivity index (χ2v) is 6.49. The summed E-state index contributed by atoms with van der Waals surface area (Å²) in [6.45, 7) is 3.22. The molecule has 0 bridgehead atoms. The quantitative estimate of drug-likeness (QED) is 0.573. The first-order chi connectivity index (χ1) is 13.2. The van der Waals surface area contributed by atoms with Crippen LogP contribution in [0.2, 0.25) is 0 Å². The van der Waals surface area contributed by atoms with Gasteiger partial charge in [-0.2, -0.15) is 0 Å². The van der Waals surface area contributed by atoms with Crippen LogP contribution in [0, 0.1) is 0 Å². The lowest BCUT2D eigenvalue weighted by atomic mass is 10.2. The van der Waals surface area contributed by atoms with Crippen LogP contribution in [0.5, 0.6) is 0 Å². The summed E-state index contributed by atoms with van der Waals surface area (Å²) in [5.41, 5.74) is 3.16. The topological polar surface area (TPSA) is 77.6 Å². The molecule has 3 aromatic heterocycles. The van der Waals surface area contributed by atoms with Crippen molar-refractivity contribution < 1.29 is 4.79 Å². The van der Waals surface area contributed by atoms with Gasteiger partial charge >= 0.3 is 0 Å². The van der Waals surface area contributed by atoms with E-state index in [1.54, 1.807) is 31.1 Å². The summed E-state index contributed by atoms with van der Waals surface area (Å²) in [7, 11) is 0. The molecule has 0 fully saturated rings. The van der Waals surface area contributed by atoms with Gasteiger partial charge in [0.15, 0.2) is 5.65 Å². The molecule has 1 unspecified atom stereocenters. The third kappa shape index (κ3) is 3.72. The Hall–Kier alpha value is -3.48. The van der Waals surface area contributed by atoms with E-state index in [0.717, 1.165) is 5.65 Å². The molecule has 0 saturated carbocycles. The Bertz CT molecular complexity index is 1040. The van der Waals surface area contributed by atoms with Gasteiger partial charge in [0.25, 0.3) is 5.91 Å². The maximum absolute atomic E-state index is 12.4. The van der Waals surface area contributed by atoms with E-state index in [-0.39, 0.29) is 11.9 Å². The number of nitrogens with zero attached hydrogens (tertiary/aromatic N) is 5. The van der Waals surface area contributed by atoms with Gasteiger partial charge in [0.2, 0.25) is 0 Å². The lowest BCUT2D eigenvalue weighted by Gasteiger charge is -2.13. The lowest BCUT2D eigenvalue weighted by Crippen LogP contribution is -2.29. The van der Waals surface area contributed by atoms with E-state index < -0.39 is 0 Å². The van der Waals surface area contributed by atoms with Gasteiger partial charge in [0.1, 0.15) is 5.52 Å². The van der Waals surface area contributed by atoms with Crippen molar-refractivity contribution in [1.82, 2.24) is 29.4 Å². The normalized spacial score (nSPS) is 12.2. The summed E-state index contributed by atoms with van der Waals surface area (Å²) < 4.78 is 3.93. The number of rotatable bonds is 6. The number of fused-ring (bicyclic) bond motifs is 1. The molecule has 0 radical (unpaired) electrons. The predicted molar refractivity (Wildman–Crippen MR) is 102 cm³/mol. The number of aromatic nitrogens is 5. The van der Waals surface area contributed by atoms with Gasteiger partial charge in [-0.1, -0.05) is 30.3 Å². The highest BCUT2D eigenvalue weighted by atomic mass is 16.1. The minimum absolute atomic E-state index is 0.123. The molecule has 1 amide bonds. The van der Waals surface area contributed by atoms with Crippen molar-refractivity contribution in [1.29, 1.82) is 0 Å². The van der Waals surface area contributed by atoms with E-state index in [1.807, 2.05) is 40.5 Å². The highest BCUT2D eigenvalue weighted by molar-refractivity contribution is 5.96. The van der Waals surface area contributed by atoms with Crippen LogP contribution in [0.25, 0.3) is 11.2 Å². The second-order valence-electron chi connectivity index (χ2n) is 6.49. The molecule has 0 aliphatic rings. The summed E-state index contributed by atoms with van der Waals surface area (Å²) in [4.78, 5) is 25.3. The number of pyridine rings is 1. The van der Waals surface area contributed by atoms with Crippen LogP contribution in [-0.4, -0.2) is 36.5 Å². The van der Waals surface area contributed by atoms with E-state index >= 15 is 0 Å². The predicted octanol–water partition coefficient (Wildman–Crippen LogP) is 2.67. The molecule has 1 aromatic carbocycles. The molecule has 0 aliphatic heterocycles. The molecule has 7 heteroatoms. The van der Waals surface area contributed by atoms with Crippen LogP contribution >= 0.6 is 0 Å². The Labute approximate surface area is 156 Å². The minimum Gasteiger partial charge on any atom is -0.350 e. The zero-order chi connectivity index (χ0) is 18.6. The molecular formula is C20H20N6O. The average Bonchev–Trinajstić information content (AvgIpc) is 3.37. The smallest absolute Gasteiger partial charge is 0.253 e. The number of hydrogen-bond acceptors (Lipinski definition) is 4. The molecule has 7 nitrogen and oxygen atoms in total. The van der Waals surface area contributed by atoms with Crippen LogP contribution in [0.4, 0.5) is 0 Å². The van der Waals surface area contributed by atoms with E-state index in [4.69, 9.17) is 0 Å². The van der Waals surface area contributed by atoms with Crippen molar-refractivity contribution in [3.63, 3.8) is 0 Å². The molecular weight excluding hydrogens is 340 g/mol. The van der Waals surface area contributed by atoms with Crippen LogP contribution in [-0.2, 0) is 6.54 Å². The first-order valence-corrected chi connectivity index (χ1v) is 8.81. The van der Waals surface area contributed by atoms with Crippen LogP contribution in [0.1, 0.15) is 28.9 Å². The first kappa shape index (κ1) is 17.0. The van der Waals surface area contributed by atoms with Crippen LogP contribution in [0.15, 0.2) is 67.6 Å². The monoisotopic (exact) mass is 360 g/mol. The summed E-state index contributed by atoms with van der Waals surface area (Å²) in [6, 6.07) is 12.0. The van der Waals surface area contributed by atoms with Gasteiger partial charge in [-0.05, 0) is 18.6 Å². The van der Waals surface area contributed by atoms with Crippen molar-refractivity contribution in [2.24, 2.45) is 0 Å². The van der Waals surface area contributed by atoms with Gasteiger partial charge < -0.3 is 14.5 Å². The molecule has 27 heavy (non-hydrogen) atoms. The Morgan fingerprint density at radius 1 is 1.19 bits per heavy atom. The largest absolute Gasteiger partial charge is 0.350 e. The number of amides is 1. The number of nitrogens with one attached hydrogen (secondary N) is 1. The molecule has 3 heterocycles. The SMILES string of the molecule is CC(CNC(=O)c1cnc2c(c1)ncn2Cc1ccccc1)n1ccnc1. The highest BCUT2D eigenvalue weighted by Crippen LogP contribution is 2.14. The average molecular weight is 360 g/mol. The molecule has 136 valence electrons. The van der Waals surface area contributed by atoms with Crippen molar-refractivity contribution in [3.8, 4) is 0 Å².